The smallest absolute Gasteiger partial charge is 0.245 e. The van der Waals surface area contributed by atoms with Gasteiger partial charge in [0.05, 0.1) is 25.9 Å². The topological polar surface area (TPSA) is 62.7 Å². The molecule has 1 aromatic rings. The van der Waals surface area contributed by atoms with E-state index in [-0.39, 0.29) is 18.4 Å². The van der Waals surface area contributed by atoms with Crippen LogP contribution in [0.25, 0.3) is 0 Å². The lowest BCUT2D eigenvalue weighted by Gasteiger charge is -2.38. The van der Waals surface area contributed by atoms with Gasteiger partial charge in [-0.15, -0.1) is 0 Å². The number of amides is 2. The average Bonchev–Trinajstić information content (AvgIpc) is 2.49. The number of carbonyl (C=O) groups is 2. The highest BCUT2D eigenvalue weighted by atomic mass is 16.5. The van der Waals surface area contributed by atoms with Crippen LogP contribution in [0.3, 0.4) is 0 Å². The minimum Gasteiger partial charge on any atom is -0.497 e. The summed E-state index contributed by atoms with van der Waals surface area (Å²) in [5, 5.41) is 0. The molecule has 1 aliphatic rings. The minimum absolute atomic E-state index is 0.000605. The second-order valence-corrected chi connectivity index (χ2v) is 5.14. The minimum atomic E-state index is -0.453. The lowest BCUT2D eigenvalue weighted by molar-refractivity contribution is -0.155. The zero-order chi connectivity index (χ0) is 15.4. The standard InChI is InChI=1S/C15H21N3O3/c1-4-7-17-10-14(19)18(11(2)15(17)20)9-12-8-13(21-3)5-6-16-12/h5-6,8,11H,4,7,9-10H2,1-3H3/t11-/m1/s1. The fraction of sp³-hybridized carbons (Fsp3) is 0.533. The van der Waals surface area contributed by atoms with Crippen molar-refractivity contribution in [2.24, 2.45) is 0 Å². The molecule has 0 saturated carbocycles. The number of carbonyl (C=O) groups excluding carboxylic acids is 2. The van der Waals surface area contributed by atoms with Gasteiger partial charge in [0.1, 0.15) is 11.8 Å². The van der Waals surface area contributed by atoms with E-state index in [1.54, 1.807) is 42.2 Å². The molecule has 0 aliphatic carbocycles. The quantitative estimate of drug-likeness (QED) is 0.814. The molecule has 114 valence electrons. The van der Waals surface area contributed by atoms with Crippen LogP contribution in [0.15, 0.2) is 18.3 Å². The molecule has 1 atom stereocenters. The third-order valence-electron chi connectivity index (χ3n) is 3.63. The fourth-order valence-electron chi connectivity index (χ4n) is 2.47. The van der Waals surface area contributed by atoms with E-state index < -0.39 is 6.04 Å². The van der Waals surface area contributed by atoms with Gasteiger partial charge in [-0.05, 0) is 19.4 Å². The zero-order valence-electron chi connectivity index (χ0n) is 12.7. The van der Waals surface area contributed by atoms with Crippen LogP contribution in [0.2, 0.25) is 0 Å². The molecular weight excluding hydrogens is 270 g/mol. The number of pyridine rings is 1. The van der Waals surface area contributed by atoms with Gasteiger partial charge in [-0.3, -0.25) is 14.6 Å². The van der Waals surface area contributed by atoms with Gasteiger partial charge in [-0.2, -0.15) is 0 Å². The van der Waals surface area contributed by atoms with E-state index in [1.807, 2.05) is 6.92 Å². The van der Waals surface area contributed by atoms with Crippen LogP contribution in [-0.4, -0.2) is 52.8 Å². The molecule has 2 heterocycles. The SMILES string of the molecule is CCCN1CC(=O)N(Cc2cc(OC)ccn2)[C@H](C)C1=O. The van der Waals surface area contributed by atoms with E-state index in [9.17, 15) is 9.59 Å². The Balaban J connectivity index is 2.12. The van der Waals surface area contributed by atoms with Gasteiger partial charge in [0, 0.05) is 18.8 Å². The van der Waals surface area contributed by atoms with Crippen LogP contribution in [0.1, 0.15) is 26.0 Å². The Hall–Kier alpha value is -2.11. The van der Waals surface area contributed by atoms with E-state index in [0.29, 0.717) is 24.5 Å². The summed E-state index contributed by atoms with van der Waals surface area (Å²) in [7, 11) is 1.58. The summed E-state index contributed by atoms with van der Waals surface area (Å²) in [6.07, 6.45) is 2.49. The molecule has 2 rings (SSSR count). The van der Waals surface area contributed by atoms with Gasteiger partial charge in [-0.1, -0.05) is 6.92 Å². The molecular formula is C15H21N3O3. The summed E-state index contributed by atoms with van der Waals surface area (Å²) in [6.45, 7) is 4.86. The van der Waals surface area contributed by atoms with Gasteiger partial charge < -0.3 is 14.5 Å². The third kappa shape index (κ3) is 3.32. The van der Waals surface area contributed by atoms with Crippen LogP contribution in [0.5, 0.6) is 5.75 Å². The molecule has 1 aromatic heterocycles. The maximum Gasteiger partial charge on any atom is 0.245 e. The number of hydrogen-bond donors (Lipinski definition) is 0. The summed E-state index contributed by atoms with van der Waals surface area (Å²) in [4.78, 5) is 32.0. The number of ether oxygens (including phenoxy) is 1. The van der Waals surface area contributed by atoms with Gasteiger partial charge in [0.2, 0.25) is 11.8 Å². The lowest BCUT2D eigenvalue weighted by Crippen LogP contribution is -2.58. The van der Waals surface area contributed by atoms with Gasteiger partial charge in [0.15, 0.2) is 0 Å². The van der Waals surface area contributed by atoms with Crippen molar-refractivity contribution in [1.82, 2.24) is 14.8 Å². The third-order valence-corrected chi connectivity index (χ3v) is 3.63. The highest BCUT2D eigenvalue weighted by Crippen LogP contribution is 2.18. The molecule has 0 radical (unpaired) electrons. The first-order valence-electron chi connectivity index (χ1n) is 7.14. The van der Waals surface area contributed by atoms with Gasteiger partial charge in [-0.25, -0.2) is 0 Å². The molecule has 1 fully saturated rings. The van der Waals surface area contributed by atoms with Crippen molar-refractivity contribution >= 4 is 11.8 Å². The highest BCUT2D eigenvalue weighted by Gasteiger charge is 2.36. The predicted molar refractivity (Wildman–Crippen MR) is 77.7 cm³/mol. The monoisotopic (exact) mass is 291 g/mol. The van der Waals surface area contributed by atoms with Crippen molar-refractivity contribution in [3.05, 3.63) is 24.0 Å². The molecule has 1 saturated heterocycles. The van der Waals surface area contributed by atoms with E-state index in [1.165, 1.54) is 0 Å². The second-order valence-electron chi connectivity index (χ2n) is 5.14. The van der Waals surface area contributed by atoms with Crippen molar-refractivity contribution in [3.8, 4) is 5.75 Å². The van der Waals surface area contributed by atoms with Crippen LogP contribution < -0.4 is 4.74 Å². The first kappa shape index (κ1) is 15.3. The molecule has 6 nitrogen and oxygen atoms in total. The Bertz CT molecular complexity index is 533. The number of hydrogen-bond acceptors (Lipinski definition) is 4. The van der Waals surface area contributed by atoms with Crippen LogP contribution in [-0.2, 0) is 16.1 Å². The molecule has 21 heavy (non-hydrogen) atoms. The number of piperazine rings is 1. The maximum absolute atomic E-state index is 12.3. The van der Waals surface area contributed by atoms with Crippen LogP contribution in [0.4, 0.5) is 0 Å². The predicted octanol–water partition coefficient (Wildman–Crippen LogP) is 1.06. The largest absolute Gasteiger partial charge is 0.497 e. The van der Waals surface area contributed by atoms with E-state index >= 15 is 0 Å². The Morgan fingerprint density at radius 1 is 1.43 bits per heavy atom. The molecule has 0 spiro atoms. The number of nitrogens with zero attached hydrogens (tertiary/aromatic N) is 3. The summed E-state index contributed by atoms with van der Waals surface area (Å²) < 4.78 is 5.15. The number of aromatic nitrogens is 1. The number of rotatable bonds is 5. The molecule has 2 amide bonds. The summed E-state index contributed by atoms with van der Waals surface area (Å²) in [5.41, 5.74) is 0.714. The zero-order valence-corrected chi connectivity index (χ0v) is 12.7. The lowest BCUT2D eigenvalue weighted by atomic mass is 10.1. The second kappa shape index (κ2) is 6.56. The van der Waals surface area contributed by atoms with E-state index in [0.717, 1.165) is 6.42 Å². The van der Waals surface area contributed by atoms with Crippen molar-refractivity contribution in [2.75, 3.05) is 20.2 Å². The van der Waals surface area contributed by atoms with Gasteiger partial charge in [0.25, 0.3) is 0 Å². The molecule has 0 aromatic carbocycles. The summed E-state index contributed by atoms with van der Waals surface area (Å²) >= 11 is 0. The first-order valence-corrected chi connectivity index (χ1v) is 7.14. The number of methoxy groups -OCH3 is 1. The van der Waals surface area contributed by atoms with E-state index in [2.05, 4.69) is 4.98 Å². The Labute approximate surface area is 124 Å². The fourth-order valence-corrected chi connectivity index (χ4v) is 2.47. The Kier molecular flexibility index (Phi) is 4.77. The van der Waals surface area contributed by atoms with Crippen molar-refractivity contribution in [2.45, 2.75) is 32.9 Å². The molecule has 6 heteroatoms. The van der Waals surface area contributed by atoms with Crippen LogP contribution in [0, 0.1) is 0 Å². The summed E-state index contributed by atoms with van der Waals surface area (Å²) in [5.74, 6) is 0.649. The van der Waals surface area contributed by atoms with Crippen molar-refractivity contribution < 1.29 is 14.3 Å². The normalized spacial score (nSPS) is 19.1. The Morgan fingerprint density at radius 2 is 2.19 bits per heavy atom. The molecule has 0 N–H and O–H groups in total. The first-order chi connectivity index (χ1) is 10.1. The van der Waals surface area contributed by atoms with Crippen LogP contribution >= 0.6 is 0 Å². The molecule has 0 unspecified atom stereocenters. The summed E-state index contributed by atoms with van der Waals surface area (Å²) in [6, 6.07) is 3.08. The maximum atomic E-state index is 12.3. The van der Waals surface area contributed by atoms with Crippen molar-refractivity contribution in [1.29, 1.82) is 0 Å². The highest BCUT2D eigenvalue weighted by molar-refractivity contribution is 5.94. The molecule has 0 bridgehead atoms. The molecule has 1 aliphatic heterocycles. The van der Waals surface area contributed by atoms with E-state index in [4.69, 9.17) is 4.74 Å². The van der Waals surface area contributed by atoms with Gasteiger partial charge >= 0.3 is 0 Å². The van der Waals surface area contributed by atoms with Crippen molar-refractivity contribution in [3.63, 3.8) is 0 Å². The average molecular weight is 291 g/mol. The Morgan fingerprint density at radius 3 is 2.86 bits per heavy atom.